The quantitative estimate of drug-likeness (QED) is 0.414. The third-order valence-electron chi connectivity index (χ3n) is 2.48. The SMILES string of the molecule is O=C(C1(S(=O)(=O)O)NC=CO1)C1(S(=O)(=O)O)NC=CO1. The highest BCUT2D eigenvalue weighted by Gasteiger charge is 2.68. The molecule has 0 saturated heterocycles. The van der Waals surface area contributed by atoms with Gasteiger partial charge in [-0.15, -0.1) is 0 Å². The monoisotopic (exact) mass is 328 g/mol. The van der Waals surface area contributed by atoms with E-state index in [4.69, 9.17) is 9.11 Å². The third kappa shape index (κ3) is 1.75. The van der Waals surface area contributed by atoms with Crippen molar-refractivity contribution < 1.29 is 40.2 Å². The summed E-state index contributed by atoms with van der Waals surface area (Å²) < 4.78 is 72.6. The number of ketones is 1. The molecule has 0 radical (unpaired) electrons. The lowest BCUT2D eigenvalue weighted by molar-refractivity contribution is -0.144. The zero-order valence-electron chi connectivity index (χ0n) is 9.38. The van der Waals surface area contributed by atoms with E-state index in [-0.39, 0.29) is 0 Å². The Morgan fingerprint density at radius 3 is 1.45 bits per heavy atom. The smallest absolute Gasteiger partial charge is 0.376 e. The summed E-state index contributed by atoms with van der Waals surface area (Å²) in [5, 5.41) is -2.59. The molecule has 4 N–H and O–H groups in total. The molecule has 0 saturated carbocycles. The number of carbonyl (C=O) groups is 1. The number of nitrogens with one attached hydrogen (secondary N) is 2. The molecule has 2 atom stereocenters. The van der Waals surface area contributed by atoms with Crippen LogP contribution in [-0.2, 0) is 34.5 Å². The summed E-state index contributed by atoms with van der Waals surface area (Å²) in [5.41, 5.74) is 0. The molecule has 2 rings (SSSR count). The molecule has 112 valence electrons. The van der Waals surface area contributed by atoms with E-state index in [9.17, 15) is 21.6 Å². The van der Waals surface area contributed by atoms with Gasteiger partial charge < -0.3 is 20.1 Å². The first kappa shape index (κ1) is 14.6. The molecule has 0 bridgehead atoms. The molecule has 11 nitrogen and oxygen atoms in total. The zero-order valence-corrected chi connectivity index (χ0v) is 11.0. The van der Waals surface area contributed by atoms with Crippen molar-refractivity contribution >= 4 is 26.0 Å². The molecule has 0 aromatic carbocycles. The van der Waals surface area contributed by atoms with Crippen molar-refractivity contribution in [1.29, 1.82) is 0 Å². The van der Waals surface area contributed by atoms with Gasteiger partial charge in [0.2, 0.25) is 0 Å². The summed E-state index contributed by atoms with van der Waals surface area (Å²) in [5.74, 6) is -1.84. The number of Topliss-reactive ketones (excluding diaryl/α,β-unsaturated/α-hetero) is 1. The van der Waals surface area contributed by atoms with Crippen LogP contribution >= 0.6 is 0 Å². The van der Waals surface area contributed by atoms with Crippen molar-refractivity contribution in [3.63, 3.8) is 0 Å². The highest BCUT2D eigenvalue weighted by atomic mass is 32.2. The summed E-state index contributed by atoms with van der Waals surface area (Å²) in [4.78, 5) is 12.3. The highest BCUT2D eigenvalue weighted by molar-refractivity contribution is 7.89. The highest BCUT2D eigenvalue weighted by Crippen LogP contribution is 2.32. The summed E-state index contributed by atoms with van der Waals surface area (Å²) in [7, 11) is -10.5. The molecule has 13 heteroatoms. The fourth-order valence-electron chi connectivity index (χ4n) is 1.57. The zero-order chi connectivity index (χ0) is 15.2. The molecule has 0 aliphatic carbocycles. The largest absolute Gasteiger partial charge is 0.452 e. The molecule has 2 aliphatic heterocycles. The Bertz CT molecular complexity index is 629. The van der Waals surface area contributed by atoms with E-state index < -0.39 is 36.1 Å². The van der Waals surface area contributed by atoms with Gasteiger partial charge in [-0.25, -0.2) is 0 Å². The Morgan fingerprint density at radius 1 is 0.900 bits per heavy atom. The van der Waals surface area contributed by atoms with Gasteiger partial charge >= 0.3 is 30.4 Å². The van der Waals surface area contributed by atoms with Crippen molar-refractivity contribution in [2.24, 2.45) is 0 Å². The molecule has 0 fully saturated rings. The van der Waals surface area contributed by atoms with Crippen LogP contribution in [0.1, 0.15) is 0 Å². The van der Waals surface area contributed by atoms with Crippen LogP contribution in [0.5, 0.6) is 0 Å². The average molecular weight is 328 g/mol. The summed E-state index contributed by atoms with van der Waals surface area (Å²) in [6.45, 7) is 0. The molecule has 0 spiro atoms. The fourth-order valence-corrected chi connectivity index (χ4v) is 3.18. The average Bonchev–Trinajstić information content (AvgIpc) is 2.97. The Labute approximate surface area is 112 Å². The van der Waals surface area contributed by atoms with Crippen molar-refractivity contribution in [3.05, 3.63) is 24.9 Å². The Balaban J connectivity index is 2.59. The maximum atomic E-state index is 12.3. The van der Waals surface area contributed by atoms with Crippen LogP contribution in [-0.4, -0.2) is 41.8 Å². The Kier molecular flexibility index (Phi) is 2.97. The van der Waals surface area contributed by atoms with E-state index >= 15 is 0 Å². The standard InChI is InChI=1S/C7H8N2O9S2/c10-5(6(19(11,12)13)8-1-3-17-6)7(20(14,15)16)9-2-4-18-7/h1-4,8-9H,(H,11,12,13)(H,14,15,16). The van der Waals surface area contributed by atoms with E-state index in [1.165, 1.54) is 0 Å². The number of ether oxygens (including phenoxy) is 2. The van der Waals surface area contributed by atoms with E-state index in [0.29, 0.717) is 12.5 Å². The molecule has 2 aliphatic rings. The molecule has 2 unspecified atom stereocenters. The lowest BCUT2D eigenvalue weighted by Gasteiger charge is -2.31. The number of carbonyl (C=O) groups excluding carboxylic acids is 1. The van der Waals surface area contributed by atoms with Gasteiger partial charge in [-0.05, 0) is 0 Å². The van der Waals surface area contributed by atoms with Crippen LogP contribution in [0.3, 0.4) is 0 Å². The molecule has 0 amide bonds. The lowest BCUT2D eigenvalue weighted by Crippen LogP contribution is -2.68. The predicted molar refractivity (Wildman–Crippen MR) is 60.3 cm³/mol. The second-order valence-corrected chi connectivity index (χ2v) is 6.69. The minimum absolute atomic E-state index is 0.700. The second kappa shape index (κ2) is 4.08. The number of hydrogen-bond donors (Lipinski definition) is 4. The van der Waals surface area contributed by atoms with Crippen LogP contribution in [0.2, 0.25) is 0 Å². The van der Waals surface area contributed by atoms with E-state index in [2.05, 4.69) is 9.47 Å². The molecular weight excluding hydrogens is 320 g/mol. The molecule has 20 heavy (non-hydrogen) atoms. The number of rotatable bonds is 4. The van der Waals surface area contributed by atoms with Crippen LogP contribution in [0, 0.1) is 0 Å². The van der Waals surface area contributed by atoms with Crippen molar-refractivity contribution in [1.82, 2.24) is 10.6 Å². The van der Waals surface area contributed by atoms with E-state index in [1.807, 2.05) is 10.6 Å². The first-order valence-corrected chi connectivity index (χ1v) is 7.65. The van der Waals surface area contributed by atoms with E-state index in [0.717, 1.165) is 12.4 Å². The minimum Gasteiger partial charge on any atom is -0.452 e. The van der Waals surface area contributed by atoms with Gasteiger partial charge in [0, 0.05) is 12.4 Å². The third-order valence-corrected chi connectivity index (χ3v) is 4.73. The van der Waals surface area contributed by atoms with Gasteiger partial charge in [0.1, 0.15) is 12.5 Å². The first-order chi connectivity index (χ1) is 9.07. The van der Waals surface area contributed by atoms with E-state index in [1.54, 1.807) is 0 Å². The van der Waals surface area contributed by atoms with Gasteiger partial charge in [-0.3, -0.25) is 13.9 Å². The fraction of sp³-hybridized carbons (Fsp3) is 0.286. The van der Waals surface area contributed by atoms with Crippen molar-refractivity contribution in [2.45, 2.75) is 10.1 Å². The van der Waals surface area contributed by atoms with Crippen LogP contribution in [0.25, 0.3) is 0 Å². The normalized spacial score (nSPS) is 32.1. The van der Waals surface area contributed by atoms with Crippen LogP contribution < -0.4 is 10.6 Å². The van der Waals surface area contributed by atoms with Gasteiger partial charge in [-0.1, -0.05) is 0 Å². The maximum Gasteiger partial charge on any atom is 0.376 e. The molecule has 2 heterocycles. The predicted octanol–water partition coefficient (Wildman–Crippen LogP) is -2.18. The molecule has 0 aromatic rings. The molecular formula is C7H8N2O9S2. The maximum absolute atomic E-state index is 12.3. The van der Waals surface area contributed by atoms with Gasteiger partial charge in [0.15, 0.2) is 0 Å². The Hall–Kier alpha value is -1.83. The minimum atomic E-state index is -5.27. The van der Waals surface area contributed by atoms with Crippen molar-refractivity contribution in [2.75, 3.05) is 0 Å². The first-order valence-electron chi connectivity index (χ1n) is 4.77. The summed E-state index contributed by atoms with van der Waals surface area (Å²) in [6.07, 6.45) is 3.08. The topological polar surface area (TPSA) is 168 Å². The van der Waals surface area contributed by atoms with Gasteiger partial charge in [0.25, 0.3) is 5.78 Å². The second-order valence-electron chi connectivity index (χ2n) is 3.64. The summed E-state index contributed by atoms with van der Waals surface area (Å²) >= 11 is 0. The summed E-state index contributed by atoms with van der Waals surface area (Å²) in [6, 6.07) is 0. The molecule has 0 aromatic heterocycles. The number of hydrogen-bond acceptors (Lipinski definition) is 9. The van der Waals surface area contributed by atoms with Crippen LogP contribution in [0.4, 0.5) is 0 Å². The van der Waals surface area contributed by atoms with Crippen molar-refractivity contribution in [3.8, 4) is 0 Å². The van der Waals surface area contributed by atoms with Gasteiger partial charge in [0.05, 0.1) is 0 Å². The van der Waals surface area contributed by atoms with Gasteiger partial charge in [-0.2, -0.15) is 16.8 Å². The van der Waals surface area contributed by atoms with Crippen LogP contribution in [0.15, 0.2) is 24.9 Å². The Morgan fingerprint density at radius 2 is 1.25 bits per heavy atom. The lowest BCUT2D eigenvalue weighted by atomic mass is 10.3.